The first-order chi connectivity index (χ1) is 11.5. The lowest BCUT2D eigenvalue weighted by Gasteiger charge is -2.08. The fourth-order valence-corrected chi connectivity index (χ4v) is 3.12. The van der Waals surface area contributed by atoms with Gasteiger partial charge in [0, 0.05) is 22.0 Å². The Kier molecular flexibility index (Phi) is 6.63. The molecule has 1 amide bonds. The van der Waals surface area contributed by atoms with Crippen LogP contribution in [0, 0.1) is 5.82 Å². The van der Waals surface area contributed by atoms with Gasteiger partial charge in [0.15, 0.2) is 0 Å². The number of hydrogen-bond acceptors (Lipinski definition) is 4. The maximum absolute atomic E-state index is 13.6. The van der Waals surface area contributed by atoms with Crippen molar-refractivity contribution in [2.24, 2.45) is 0 Å². The van der Waals surface area contributed by atoms with Crippen LogP contribution >= 0.6 is 23.4 Å². The average Bonchev–Trinajstić information content (AvgIpc) is 2.57. The molecule has 0 bridgehead atoms. The number of rotatable bonds is 6. The molecule has 0 aliphatic carbocycles. The van der Waals surface area contributed by atoms with Crippen molar-refractivity contribution in [2.45, 2.75) is 5.75 Å². The highest BCUT2D eigenvalue weighted by molar-refractivity contribution is 7.99. The van der Waals surface area contributed by atoms with E-state index in [-0.39, 0.29) is 17.5 Å². The number of ether oxygens (including phenoxy) is 1. The zero-order valence-electron chi connectivity index (χ0n) is 12.8. The molecular formula is C17H15ClFNO3S. The largest absolute Gasteiger partial charge is 0.465 e. The number of benzene rings is 2. The second-order valence-corrected chi connectivity index (χ2v) is 6.21. The van der Waals surface area contributed by atoms with E-state index in [1.807, 2.05) is 0 Å². The highest BCUT2D eigenvalue weighted by Gasteiger charge is 2.10. The van der Waals surface area contributed by atoms with Crippen molar-refractivity contribution in [1.29, 1.82) is 0 Å². The molecule has 4 nitrogen and oxygen atoms in total. The van der Waals surface area contributed by atoms with Crippen LogP contribution in [0.5, 0.6) is 0 Å². The van der Waals surface area contributed by atoms with E-state index in [9.17, 15) is 14.0 Å². The van der Waals surface area contributed by atoms with E-state index in [1.54, 1.807) is 24.3 Å². The van der Waals surface area contributed by atoms with Gasteiger partial charge in [0.25, 0.3) is 0 Å². The van der Waals surface area contributed by atoms with Crippen molar-refractivity contribution in [3.8, 4) is 0 Å². The Labute approximate surface area is 148 Å². The molecule has 0 saturated carbocycles. The molecule has 1 N–H and O–H groups in total. The average molecular weight is 368 g/mol. The molecule has 24 heavy (non-hydrogen) atoms. The van der Waals surface area contributed by atoms with E-state index in [2.05, 4.69) is 10.1 Å². The van der Waals surface area contributed by atoms with Gasteiger partial charge in [0.2, 0.25) is 5.91 Å². The first kappa shape index (κ1) is 18.3. The van der Waals surface area contributed by atoms with Gasteiger partial charge in [0.1, 0.15) is 5.82 Å². The molecule has 0 aliphatic rings. The van der Waals surface area contributed by atoms with Crippen LogP contribution in [0.4, 0.5) is 10.1 Å². The Balaban J connectivity index is 1.89. The minimum absolute atomic E-state index is 0.132. The van der Waals surface area contributed by atoms with Crippen LogP contribution in [0.25, 0.3) is 0 Å². The zero-order chi connectivity index (χ0) is 17.5. The molecular weight excluding hydrogens is 353 g/mol. The third kappa shape index (κ3) is 4.97. The summed E-state index contributed by atoms with van der Waals surface area (Å²) in [6.45, 7) is 0. The smallest absolute Gasteiger partial charge is 0.337 e. The Morgan fingerprint density at radius 2 is 2.00 bits per heavy atom. The van der Waals surface area contributed by atoms with Gasteiger partial charge in [-0.05, 0) is 30.3 Å². The summed E-state index contributed by atoms with van der Waals surface area (Å²) in [6, 6.07) is 10.9. The van der Waals surface area contributed by atoms with Gasteiger partial charge in [-0.15, -0.1) is 11.8 Å². The topological polar surface area (TPSA) is 55.4 Å². The number of carbonyl (C=O) groups excluding carboxylic acids is 2. The lowest BCUT2D eigenvalue weighted by Crippen LogP contribution is -2.14. The molecule has 0 saturated heterocycles. The summed E-state index contributed by atoms with van der Waals surface area (Å²) in [7, 11) is 1.29. The van der Waals surface area contributed by atoms with Crippen molar-refractivity contribution in [1.82, 2.24) is 0 Å². The normalized spacial score (nSPS) is 10.3. The van der Waals surface area contributed by atoms with Gasteiger partial charge in [0.05, 0.1) is 18.4 Å². The molecule has 7 heteroatoms. The number of esters is 1. The van der Waals surface area contributed by atoms with E-state index < -0.39 is 5.97 Å². The number of methoxy groups -OCH3 is 1. The predicted octanol–water partition coefficient (Wildman–Crippen LogP) is 4.14. The van der Waals surface area contributed by atoms with Crippen LogP contribution in [0.1, 0.15) is 15.9 Å². The molecule has 2 aromatic rings. The van der Waals surface area contributed by atoms with Crippen molar-refractivity contribution in [3.63, 3.8) is 0 Å². The summed E-state index contributed by atoms with van der Waals surface area (Å²) in [4.78, 5) is 23.4. The molecule has 0 heterocycles. The van der Waals surface area contributed by atoms with Crippen LogP contribution in [-0.4, -0.2) is 24.7 Å². The standard InChI is InChI=1S/C17H15ClFNO3S/c1-23-17(22)11-4-2-5-12(8-11)20-16(21)10-24-9-13-14(18)6-3-7-15(13)19/h2-8H,9-10H2,1H3,(H,20,21). The maximum Gasteiger partial charge on any atom is 0.337 e. The molecule has 0 radical (unpaired) electrons. The van der Waals surface area contributed by atoms with Gasteiger partial charge >= 0.3 is 5.97 Å². The number of amides is 1. The number of carbonyl (C=O) groups is 2. The number of hydrogen-bond donors (Lipinski definition) is 1. The number of thioether (sulfide) groups is 1. The van der Waals surface area contributed by atoms with Gasteiger partial charge in [-0.3, -0.25) is 4.79 Å². The van der Waals surface area contributed by atoms with Crippen LogP contribution in [0.2, 0.25) is 5.02 Å². The highest BCUT2D eigenvalue weighted by atomic mass is 35.5. The molecule has 0 fully saturated rings. The highest BCUT2D eigenvalue weighted by Crippen LogP contribution is 2.24. The molecule has 0 aromatic heterocycles. The quantitative estimate of drug-likeness (QED) is 0.780. The van der Waals surface area contributed by atoms with Crippen molar-refractivity contribution < 1.29 is 18.7 Å². The first-order valence-corrected chi connectivity index (χ1v) is 8.53. The Morgan fingerprint density at radius 3 is 2.71 bits per heavy atom. The molecule has 0 aliphatic heterocycles. The van der Waals surface area contributed by atoms with Crippen LogP contribution in [-0.2, 0) is 15.3 Å². The molecule has 126 valence electrons. The summed E-state index contributed by atoms with van der Waals surface area (Å²) in [6.07, 6.45) is 0. The lowest BCUT2D eigenvalue weighted by atomic mass is 10.2. The molecule has 0 spiro atoms. The number of anilines is 1. The van der Waals surface area contributed by atoms with Crippen LogP contribution in [0.3, 0.4) is 0 Å². The molecule has 0 unspecified atom stereocenters. The SMILES string of the molecule is COC(=O)c1cccc(NC(=O)CSCc2c(F)cccc2Cl)c1. The molecule has 0 atom stereocenters. The van der Waals surface area contributed by atoms with Crippen LogP contribution in [0.15, 0.2) is 42.5 Å². The van der Waals surface area contributed by atoms with Crippen molar-refractivity contribution >= 4 is 40.9 Å². The first-order valence-electron chi connectivity index (χ1n) is 7.00. The van der Waals surface area contributed by atoms with Gasteiger partial charge in [-0.1, -0.05) is 23.7 Å². The second-order valence-electron chi connectivity index (χ2n) is 4.81. The lowest BCUT2D eigenvalue weighted by molar-refractivity contribution is -0.113. The monoisotopic (exact) mass is 367 g/mol. The number of nitrogens with one attached hydrogen (secondary N) is 1. The second kappa shape index (κ2) is 8.70. The summed E-state index contributed by atoms with van der Waals surface area (Å²) in [5.74, 6) is -0.695. The minimum Gasteiger partial charge on any atom is -0.465 e. The Bertz CT molecular complexity index is 734. The summed E-state index contributed by atoms with van der Waals surface area (Å²) in [5, 5.41) is 3.02. The molecule has 2 aromatic carbocycles. The predicted molar refractivity (Wildman–Crippen MR) is 94.0 cm³/mol. The fraction of sp³-hybridized carbons (Fsp3) is 0.176. The molecule has 2 rings (SSSR count). The van der Waals surface area contributed by atoms with E-state index in [1.165, 1.54) is 37.1 Å². The van der Waals surface area contributed by atoms with Gasteiger partial charge in [-0.25, -0.2) is 9.18 Å². The zero-order valence-corrected chi connectivity index (χ0v) is 14.4. The van der Waals surface area contributed by atoms with E-state index in [0.717, 1.165) is 0 Å². The van der Waals surface area contributed by atoms with Crippen LogP contribution < -0.4 is 5.32 Å². The van der Waals surface area contributed by atoms with Crippen molar-refractivity contribution in [3.05, 3.63) is 64.4 Å². The third-order valence-corrected chi connectivity index (χ3v) is 4.42. The summed E-state index contributed by atoms with van der Waals surface area (Å²) in [5.41, 5.74) is 1.22. The minimum atomic E-state index is -0.477. The van der Waals surface area contributed by atoms with Gasteiger partial charge in [-0.2, -0.15) is 0 Å². The summed E-state index contributed by atoms with van der Waals surface area (Å²) < 4.78 is 18.3. The fourth-order valence-electron chi connectivity index (χ4n) is 1.95. The van der Waals surface area contributed by atoms with E-state index in [0.29, 0.717) is 27.6 Å². The maximum atomic E-state index is 13.6. The van der Waals surface area contributed by atoms with E-state index >= 15 is 0 Å². The third-order valence-electron chi connectivity index (χ3n) is 3.11. The number of halogens is 2. The van der Waals surface area contributed by atoms with Crippen molar-refractivity contribution in [2.75, 3.05) is 18.2 Å². The Morgan fingerprint density at radius 1 is 1.25 bits per heavy atom. The van der Waals surface area contributed by atoms with E-state index in [4.69, 9.17) is 11.6 Å². The summed E-state index contributed by atoms with van der Waals surface area (Å²) >= 11 is 7.19. The van der Waals surface area contributed by atoms with Gasteiger partial charge < -0.3 is 10.1 Å². The Hall–Kier alpha value is -2.05.